The molecule has 0 radical (unpaired) electrons. The number of ether oxygens (including phenoxy) is 1. The minimum absolute atomic E-state index is 0.343. The van der Waals surface area contributed by atoms with Gasteiger partial charge in [-0.15, -0.1) is 0 Å². The molecule has 8 heteroatoms. The van der Waals surface area contributed by atoms with Gasteiger partial charge in [0.1, 0.15) is 6.04 Å². The Kier molecular flexibility index (Phi) is 5.31. The molecule has 25 heavy (non-hydrogen) atoms. The Labute approximate surface area is 151 Å². The van der Waals surface area contributed by atoms with Gasteiger partial charge in [0.05, 0.1) is 19.9 Å². The molecule has 1 saturated heterocycles. The fraction of sp³-hybridized carbons (Fsp3) is 0.471. The largest absolute Gasteiger partial charge is 0.468 e. The van der Waals surface area contributed by atoms with Crippen LogP contribution in [0.5, 0.6) is 0 Å². The Morgan fingerprint density at radius 2 is 2.16 bits per heavy atom. The molecule has 1 fully saturated rings. The number of esters is 1. The molecule has 0 saturated carbocycles. The number of aromatic amines is 1. The van der Waals surface area contributed by atoms with E-state index in [1.54, 1.807) is 4.68 Å². The Morgan fingerprint density at radius 3 is 2.80 bits per heavy atom. The second kappa shape index (κ2) is 7.47. The van der Waals surface area contributed by atoms with Crippen LogP contribution in [0.1, 0.15) is 18.9 Å². The Balaban J connectivity index is 1.80. The number of H-pyrrole nitrogens is 1. The van der Waals surface area contributed by atoms with Gasteiger partial charge in [-0.05, 0) is 24.2 Å². The Morgan fingerprint density at radius 1 is 1.44 bits per heavy atom. The van der Waals surface area contributed by atoms with E-state index in [9.17, 15) is 9.90 Å². The first-order valence-corrected chi connectivity index (χ1v) is 8.68. The lowest BCUT2D eigenvalue weighted by Gasteiger charge is -2.21. The van der Waals surface area contributed by atoms with Gasteiger partial charge in [0.15, 0.2) is 5.82 Å². The van der Waals surface area contributed by atoms with Gasteiger partial charge in [-0.25, -0.2) is 4.68 Å². The summed E-state index contributed by atoms with van der Waals surface area (Å²) in [6.07, 6.45) is 0.790. The van der Waals surface area contributed by atoms with Crippen LogP contribution < -0.4 is 0 Å². The molecule has 134 valence electrons. The van der Waals surface area contributed by atoms with Crippen LogP contribution in [-0.4, -0.2) is 56.5 Å². The number of β-amino-alcohol motifs (C(OH)–C–C–N with tert-alkyl or cyclic N) is 1. The number of aliphatic hydroxyl groups excluding tert-OH is 1. The lowest BCUT2D eigenvalue weighted by Crippen LogP contribution is -2.38. The predicted octanol–water partition coefficient (Wildman–Crippen LogP) is 1.74. The van der Waals surface area contributed by atoms with E-state index in [2.05, 4.69) is 29.1 Å². The van der Waals surface area contributed by atoms with Gasteiger partial charge < -0.3 is 9.84 Å². The fourth-order valence-electron chi connectivity index (χ4n) is 3.08. The third kappa shape index (κ3) is 3.81. The number of aliphatic hydroxyl groups is 1. The first-order chi connectivity index (χ1) is 12.0. The summed E-state index contributed by atoms with van der Waals surface area (Å²) in [5, 5.41) is 13.1. The zero-order valence-electron chi connectivity index (χ0n) is 14.3. The summed E-state index contributed by atoms with van der Waals surface area (Å²) in [4.78, 5) is 18.1. The molecule has 1 aromatic heterocycles. The maximum Gasteiger partial charge on any atom is 0.323 e. The molecule has 0 spiro atoms. The zero-order valence-corrected chi connectivity index (χ0v) is 15.1. The van der Waals surface area contributed by atoms with Crippen molar-refractivity contribution in [3.05, 3.63) is 34.6 Å². The van der Waals surface area contributed by atoms with Crippen molar-refractivity contribution in [3.8, 4) is 11.4 Å². The summed E-state index contributed by atoms with van der Waals surface area (Å²) in [6.45, 7) is 2.84. The molecule has 2 heterocycles. The van der Waals surface area contributed by atoms with Crippen LogP contribution >= 0.6 is 12.2 Å². The highest BCUT2D eigenvalue weighted by atomic mass is 32.1. The monoisotopic (exact) mass is 362 g/mol. The van der Waals surface area contributed by atoms with E-state index in [4.69, 9.17) is 17.0 Å². The third-order valence-electron chi connectivity index (χ3n) is 4.49. The minimum Gasteiger partial charge on any atom is -0.468 e. The number of nitrogens with one attached hydrogen (secondary N) is 1. The topological polar surface area (TPSA) is 83.4 Å². The van der Waals surface area contributed by atoms with E-state index < -0.39 is 12.1 Å². The van der Waals surface area contributed by atoms with Gasteiger partial charge in [0, 0.05) is 18.5 Å². The number of hydrogen-bond donors (Lipinski definition) is 2. The SMILES string of the molecule is CCc1ccc(-c2nc(=S)n(CN3C[C@H](O)C[C@H]3C(=O)OC)[nH]2)cc1. The molecule has 0 bridgehead atoms. The third-order valence-corrected chi connectivity index (χ3v) is 4.80. The highest BCUT2D eigenvalue weighted by molar-refractivity contribution is 7.71. The molecule has 1 aromatic carbocycles. The molecule has 0 unspecified atom stereocenters. The molecular formula is C17H22N4O3S. The molecule has 7 nitrogen and oxygen atoms in total. The first kappa shape index (κ1) is 17.8. The van der Waals surface area contributed by atoms with Crippen molar-refractivity contribution in [1.29, 1.82) is 0 Å². The molecule has 2 atom stereocenters. The summed E-state index contributed by atoms with van der Waals surface area (Å²) in [5.41, 5.74) is 2.21. The predicted molar refractivity (Wildman–Crippen MR) is 95.4 cm³/mol. The molecule has 0 amide bonds. The number of rotatable bonds is 5. The zero-order chi connectivity index (χ0) is 18.0. The second-order valence-electron chi connectivity index (χ2n) is 6.17. The first-order valence-electron chi connectivity index (χ1n) is 8.28. The summed E-state index contributed by atoms with van der Waals surface area (Å²) in [7, 11) is 1.35. The normalized spacial score (nSPS) is 20.8. The average Bonchev–Trinajstić information content (AvgIpc) is 3.17. The van der Waals surface area contributed by atoms with Crippen molar-refractivity contribution in [3.63, 3.8) is 0 Å². The van der Waals surface area contributed by atoms with Crippen molar-refractivity contribution in [2.24, 2.45) is 0 Å². The van der Waals surface area contributed by atoms with Crippen molar-refractivity contribution in [1.82, 2.24) is 19.7 Å². The molecule has 3 rings (SSSR count). The number of hydrogen-bond acceptors (Lipinski definition) is 6. The lowest BCUT2D eigenvalue weighted by atomic mass is 10.1. The Bertz CT molecular complexity index is 799. The van der Waals surface area contributed by atoms with Gasteiger partial charge in [0.25, 0.3) is 0 Å². The summed E-state index contributed by atoms with van der Waals surface area (Å²) >= 11 is 5.33. The summed E-state index contributed by atoms with van der Waals surface area (Å²) < 4.78 is 6.93. The summed E-state index contributed by atoms with van der Waals surface area (Å²) in [5.74, 6) is 0.333. The number of benzene rings is 1. The van der Waals surface area contributed by atoms with Crippen molar-refractivity contribution in [2.75, 3.05) is 13.7 Å². The lowest BCUT2D eigenvalue weighted by molar-refractivity contribution is -0.146. The van der Waals surface area contributed by atoms with Crippen LogP contribution in [0.2, 0.25) is 0 Å². The van der Waals surface area contributed by atoms with E-state index in [0.29, 0.717) is 30.2 Å². The van der Waals surface area contributed by atoms with Crippen molar-refractivity contribution < 1.29 is 14.6 Å². The van der Waals surface area contributed by atoms with E-state index in [1.807, 2.05) is 17.0 Å². The van der Waals surface area contributed by atoms with Crippen molar-refractivity contribution in [2.45, 2.75) is 38.6 Å². The van der Waals surface area contributed by atoms with Gasteiger partial charge in [-0.3, -0.25) is 14.8 Å². The van der Waals surface area contributed by atoms with E-state index >= 15 is 0 Å². The second-order valence-corrected chi connectivity index (χ2v) is 6.54. The van der Waals surface area contributed by atoms with E-state index in [-0.39, 0.29) is 5.97 Å². The van der Waals surface area contributed by atoms with Crippen LogP contribution in [-0.2, 0) is 22.6 Å². The van der Waals surface area contributed by atoms with Gasteiger partial charge >= 0.3 is 5.97 Å². The fourth-order valence-corrected chi connectivity index (χ4v) is 3.27. The summed E-state index contributed by atoms with van der Waals surface area (Å²) in [6, 6.07) is 7.67. The number of methoxy groups -OCH3 is 1. The molecule has 1 aliphatic rings. The number of likely N-dealkylation sites (tertiary alicyclic amines) is 1. The molecule has 0 aliphatic carbocycles. The van der Waals surface area contributed by atoms with Gasteiger partial charge in [-0.2, -0.15) is 4.98 Å². The standard InChI is InChI=1S/C17H22N4O3S/c1-3-11-4-6-12(7-5-11)15-18-17(25)21(19-15)10-20-9-13(22)8-14(20)16(23)24-2/h4-7,13-14,22H,3,8-10H2,1-2H3,(H,18,19,25)/t13-,14+/m1/s1. The smallest absolute Gasteiger partial charge is 0.323 e. The number of aryl methyl sites for hydroxylation is 1. The maximum atomic E-state index is 11.9. The quantitative estimate of drug-likeness (QED) is 0.623. The molecule has 2 N–H and O–H groups in total. The molecular weight excluding hydrogens is 340 g/mol. The van der Waals surface area contributed by atoms with Gasteiger partial charge in [-0.1, -0.05) is 31.2 Å². The van der Waals surface area contributed by atoms with E-state index in [0.717, 1.165) is 12.0 Å². The van der Waals surface area contributed by atoms with Crippen LogP contribution in [0.25, 0.3) is 11.4 Å². The number of carbonyl (C=O) groups is 1. The van der Waals surface area contributed by atoms with Gasteiger partial charge in [0.2, 0.25) is 4.77 Å². The van der Waals surface area contributed by atoms with E-state index in [1.165, 1.54) is 12.7 Å². The molecule has 1 aliphatic heterocycles. The Hall–Kier alpha value is -2.03. The number of aromatic nitrogens is 3. The highest BCUT2D eigenvalue weighted by Gasteiger charge is 2.37. The van der Waals surface area contributed by atoms with Crippen LogP contribution in [0.15, 0.2) is 24.3 Å². The number of carbonyl (C=O) groups excluding carboxylic acids is 1. The number of nitrogens with zero attached hydrogens (tertiary/aromatic N) is 3. The molecule has 2 aromatic rings. The van der Waals surface area contributed by atoms with Crippen LogP contribution in [0.4, 0.5) is 0 Å². The van der Waals surface area contributed by atoms with Crippen LogP contribution in [0.3, 0.4) is 0 Å². The van der Waals surface area contributed by atoms with Crippen LogP contribution in [0, 0.1) is 4.77 Å². The highest BCUT2D eigenvalue weighted by Crippen LogP contribution is 2.21. The maximum absolute atomic E-state index is 11.9. The van der Waals surface area contributed by atoms with Crippen molar-refractivity contribution >= 4 is 18.2 Å². The minimum atomic E-state index is -0.553. The average molecular weight is 362 g/mol.